The number of rotatable bonds is 8. The maximum atomic E-state index is 12.6. The molecular weight excluding hydrogens is 266 g/mol. The second kappa shape index (κ2) is 7.84. The van der Waals surface area contributed by atoms with E-state index in [1.165, 1.54) is 0 Å². The van der Waals surface area contributed by atoms with Gasteiger partial charge < -0.3 is 4.90 Å². The lowest BCUT2D eigenvalue weighted by atomic mass is 9.83. The lowest BCUT2D eigenvalue weighted by Crippen LogP contribution is -2.43. The van der Waals surface area contributed by atoms with E-state index < -0.39 is 0 Å². The molecule has 1 unspecified atom stereocenters. The minimum absolute atomic E-state index is 0.226. The molecule has 0 aliphatic heterocycles. The van der Waals surface area contributed by atoms with Crippen molar-refractivity contribution < 1.29 is 4.79 Å². The van der Waals surface area contributed by atoms with E-state index >= 15 is 0 Å². The van der Waals surface area contributed by atoms with Crippen molar-refractivity contribution in [2.45, 2.75) is 33.2 Å². The number of carbonyl (C=O) groups excluding carboxylic acids is 1. The molecule has 0 saturated heterocycles. The lowest BCUT2D eigenvalue weighted by Gasteiger charge is -2.34. The van der Waals surface area contributed by atoms with Crippen LogP contribution in [-0.2, 0) is 0 Å². The van der Waals surface area contributed by atoms with Gasteiger partial charge in [0.1, 0.15) is 0 Å². The van der Waals surface area contributed by atoms with Crippen molar-refractivity contribution in [1.82, 2.24) is 4.90 Å². The maximum Gasteiger partial charge on any atom is 0.169 e. The van der Waals surface area contributed by atoms with Crippen LogP contribution in [0.15, 0.2) is 30.3 Å². The van der Waals surface area contributed by atoms with Crippen molar-refractivity contribution in [3.63, 3.8) is 0 Å². The molecule has 1 atom stereocenters. The second-order valence-electron chi connectivity index (χ2n) is 6.01. The fraction of sp³-hybridized carbons (Fsp3) is 0.588. The number of hydrogen-bond acceptors (Lipinski definition) is 3. The first-order valence-corrected chi connectivity index (χ1v) is 8.60. The van der Waals surface area contributed by atoms with Gasteiger partial charge in [0.15, 0.2) is 5.78 Å². The molecule has 2 nitrogen and oxygen atoms in total. The van der Waals surface area contributed by atoms with E-state index in [-0.39, 0.29) is 11.2 Å². The first-order valence-electron chi connectivity index (χ1n) is 7.21. The summed E-state index contributed by atoms with van der Waals surface area (Å²) in [7, 11) is 2.13. The molecule has 1 rings (SSSR count). The largest absolute Gasteiger partial charge is 0.302 e. The van der Waals surface area contributed by atoms with Gasteiger partial charge in [-0.3, -0.25) is 4.79 Å². The number of benzene rings is 1. The molecule has 0 aliphatic rings. The molecule has 0 bridgehead atoms. The first-order chi connectivity index (χ1) is 9.42. The van der Waals surface area contributed by atoms with Gasteiger partial charge in [-0.05, 0) is 19.7 Å². The van der Waals surface area contributed by atoms with Crippen LogP contribution < -0.4 is 0 Å². The molecule has 0 amide bonds. The molecule has 1 aromatic rings. The Balaban J connectivity index is 2.76. The standard InChI is InChI=1S/C17H27NOS/c1-6-15(12-20-5)18(4)13-17(2,3)16(19)14-10-8-7-9-11-14/h7-11,15H,6,12-13H2,1-5H3. The summed E-state index contributed by atoms with van der Waals surface area (Å²) in [5, 5.41) is 0. The third-order valence-corrected chi connectivity index (χ3v) is 4.47. The van der Waals surface area contributed by atoms with E-state index in [1.807, 2.05) is 55.9 Å². The summed E-state index contributed by atoms with van der Waals surface area (Å²) in [6.07, 6.45) is 3.25. The van der Waals surface area contributed by atoms with E-state index in [0.29, 0.717) is 6.04 Å². The summed E-state index contributed by atoms with van der Waals surface area (Å²) in [5.74, 6) is 1.34. The molecule has 0 saturated carbocycles. The summed E-state index contributed by atoms with van der Waals surface area (Å²) in [6.45, 7) is 7.10. The Labute approximate surface area is 127 Å². The number of nitrogens with zero attached hydrogens (tertiary/aromatic N) is 1. The van der Waals surface area contributed by atoms with E-state index in [1.54, 1.807) is 0 Å². The van der Waals surface area contributed by atoms with Gasteiger partial charge in [0.2, 0.25) is 0 Å². The Hall–Kier alpha value is -0.800. The molecule has 0 aliphatic carbocycles. The van der Waals surface area contributed by atoms with Crippen LogP contribution in [0.5, 0.6) is 0 Å². The molecule has 20 heavy (non-hydrogen) atoms. The van der Waals surface area contributed by atoms with Crippen LogP contribution in [0.1, 0.15) is 37.6 Å². The highest BCUT2D eigenvalue weighted by Crippen LogP contribution is 2.24. The average Bonchev–Trinajstić information content (AvgIpc) is 2.44. The Kier molecular flexibility index (Phi) is 6.77. The summed E-state index contributed by atoms with van der Waals surface area (Å²) in [5.41, 5.74) is 0.450. The van der Waals surface area contributed by atoms with Gasteiger partial charge in [-0.15, -0.1) is 0 Å². The molecule has 3 heteroatoms. The van der Waals surface area contributed by atoms with E-state index in [4.69, 9.17) is 0 Å². The van der Waals surface area contributed by atoms with Gasteiger partial charge in [0.25, 0.3) is 0 Å². The van der Waals surface area contributed by atoms with Gasteiger partial charge in [-0.25, -0.2) is 0 Å². The molecule has 0 aromatic heterocycles. The molecule has 0 radical (unpaired) electrons. The van der Waals surface area contributed by atoms with Crippen LogP contribution in [0, 0.1) is 5.41 Å². The fourth-order valence-electron chi connectivity index (χ4n) is 2.55. The third kappa shape index (κ3) is 4.64. The van der Waals surface area contributed by atoms with Crippen LogP contribution in [0.3, 0.4) is 0 Å². The summed E-state index contributed by atoms with van der Waals surface area (Å²) >= 11 is 1.87. The van der Waals surface area contributed by atoms with Crippen molar-refractivity contribution in [3.8, 4) is 0 Å². The van der Waals surface area contributed by atoms with E-state index in [0.717, 1.165) is 24.3 Å². The molecule has 0 N–H and O–H groups in total. The van der Waals surface area contributed by atoms with Gasteiger partial charge in [-0.2, -0.15) is 11.8 Å². The van der Waals surface area contributed by atoms with Crippen LogP contribution in [0.4, 0.5) is 0 Å². The van der Waals surface area contributed by atoms with Crippen LogP contribution in [0.2, 0.25) is 0 Å². The van der Waals surface area contributed by atoms with Crippen LogP contribution >= 0.6 is 11.8 Å². The second-order valence-corrected chi connectivity index (χ2v) is 6.92. The third-order valence-electron chi connectivity index (χ3n) is 3.75. The zero-order valence-electron chi connectivity index (χ0n) is 13.3. The monoisotopic (exact) mass is 293 g/mol. The molecule has 1 aromatic carbocycles. The Bertz CT molecular complexity index is 416. The fourth-order valence-corrected chi connectivity index (χ4v) is 3.43. The topological polar surface area (TPSA) is 20.3 Å². The number of carbonyl (C=O) groups is 1. The highest BCUT2D eigenvalue weighted by Gasteiger charge is 2.31. The lowest BCUT2D eigenvalue weighted by molar-refractivity contribution is 0.0756. The van der Waals surface area contributed by atoms with Crippen molar-refractivity contribution in [2.24, 2.45) is 5.41 Å². The predicted octanol–water partition coefficient (Wildman–Crippen LogP) is 3.97. The molecule has 112 valence electrons. The molecule has 0 spiro atoms. The van der Waals surface area contributed by atoms with E-state index in [2.05, 4.69) is 25.1 Å². The predicted molar refractivity (Wildman–Crippen MR) is 89.6 cm³/mol. The number of hydrogen-bond donors (Lipinski definition) is 0. The highest BCUT2D eigenvalue weighted by molar-refractivity contribution is 7.98. The van der Waals surface area contributed by atoms with Gasteiger partial charge in [-0.1, -0.05) is 51.1 Å². The minimum Gasteiger partial charge on any atom is -0.302 e. The smallest absolute Gasteiger partial charge is 0.169 e. The molecular formula is C17H27NOS. The van der Waals surface area contributed by atoms with Gasteiger partial charge >= 0.3 is 0 Å². The molecule has 0 fully saturated rings. The number of ketones is 1. The maximum absolute atomic E-state index is 12.6. The Morgan fingerprint density at radius 1 is 1.30 bits per heavy atom. The average molecular weight is 293 g/mol. The normalized spacial score (nSPS) is 13.5. The SMILES string of the molecule is CCC(CSC)N(C)CC(C)(C)C(=O)c1ccccc1. The zero-order chi connectivity index (χ0) is 15.2. The summed E-state index contributed by atoms with van der Waals surface area (Å²) in [6, 6.07) is 10.1. The Morgan fingerprint density at radius 2 is 1.90 bits per heavy atom. The van der Waals surface area contributed by atoms with Gasteiger partial charge in [0, 0.05) is 29.3 Å². The zero-order valence-corrected chi connectivity index (χ0v) is 14.2. The highest BCUT2D eigenvalue weighted by atomic mass is 32.2. The summed E-state index contributed by atoms with van der Waals surface area (Å²) in [4.78, 5) is 15.0. The molecule has 0 heterocycles. The summed E-state index contributed by atoms with van der Waals surface area (Å²) < 4.78 is 0. The Morgan fingerprint density at radius 3 is 2.40 bits per heavy atom. The van der Waals surface area contributed by atoms with Crippen LogP contribution in [-0.4, -0.2) is 42.3 Å². The van der Waals surface area contributed by atoms with Crippen molar-refractivity contribution >= 4 is 17.5 Å². The number of Topliss-reactive ketones (excluding diaryl/α,β-unsaturated/α-hetero) is 1. The van der Waals surface area contributed by atoms with Crippen molar-refractivity contribution in [3.05, 3.63) is 35.9 Å². The number of thioether (sulfide) groups is 1. The van der Waals surface area contributed by atoms with Gasteiger partial charge in [0.05, 0.1) is 0 Å². The quantitative estimate of drug-likeness (QED) is 0.676. The van der Waals surface area contributed by atoms with Crippen molar-refractivity contribution in [2.75, 3.05) is 25.6 Å². The van der Waals surface area contributed by atoms with E-state index in [9.17, 15) is 4.79 Å². The first kappa shape index (κ1) is 17.3. The van der Waals surface area contributed by atoms with Crippen molar-refractivity contribution in [1.29, 1.82) is 0 Å². The minimum atomic E-state index is -0.359. The van der Waals surface area contributed by atoms with Crippen LogP contribution in [0.25, 0.3) is 0 Å².